The van der Waals surface area contributed by atoms with E-state index in [1.807, 2.05) is 21.1 Å². The quantitative estimate of drug-likeness (QED) is 0.0198. The molecule has 358 valence electrons. The van der Waals surface area contributed by atoms with E-state index < -0.39 is 13.9 Å². The number of phosphoric ester groups is 1. The van der Waals surface area contributed by atoms with E-state index >= 15 is 0 Å². The van der Waals surface area contributed by atoms with Crippen LogP contribution in [0.5, 0.6) is 0 Å². The lowest BCUT2D eigenvalue weighted by Gasteiger charge is -2.28. The SMILES string of the molecule is CC/C=C\C/C=C\C/C=C\C/C=C\CCCCCCC(=O)OC(COCCCCCCCCCCCCCCCCCCCCCCCC)COP(=O)([O-])OCC[N+](C)(C)C. The number of carbonyl (C=O) groups excluding carboxylic acids is 1. The van der Waals surface area contributed by atoms with Crippen LogP contribution < -0.4 is 4.89 Å². The molecule has 9 heteroatoms. The molecule has 2 atom stereocenters. The van der Waals surface area contributed by atoms with Gasteiger partial charge in [-0.1, -0.05) is 210 Å². The Kier molecular flexibility index (Phi) is 43.9. The van der Waals surface area contributed by atoms with Gasteiger partial charge in [-0.15, -0.1) is 0 Å². The van der Waals surface area contributed by atoms with Crippen molar-refractivity contribution in [1.82, 2.24) is 0 Å². The van der Waals surface area contributed by atoms with E-state index in [1.165, 1.54) is 128 Å². The molecule has 0 radical (unpaired) electrons. The number of quaternary nitrogens is 1. The number of ether oxygens (including phenoxy) is 2. The molecule has 0 fully saturated rings. The Balaban J connectivity index is 4.14. The van der Waals surface area contributed by atoms with Crippen molar-refractivity contribution in [2.75, 3.05) is 54.1 Å². The van der Waals surface area contributed by atoms with Crippen LogP contribution >= 0.6 is 7.82 Å². The first-order chi connectivity index (χ1) is 29.6. The molecule has 0 aromatic carbocycles. The number of hydrogen-bond donors (Lipinski definition) is 0. The molecule has 0 saturated heterocycles. The van der Waals surface area contributed by atoms with Crippen LogP contribution in [-0.4, -0.2) is 70.7 Å². The first-order valence-electron chi connectivity index (χ1n) is 25.4. The minimum absolute atomic E-state index is 0.0209. The van der Waals surface area contributed by atoms with Gasteiger partial charge in [0.25, 0.3) is 7.82 Å². The van der Waals surface area contributed by atoms with E-state index in [2.05, 4.69) is 62.5 Å². The number of likely N-dealkylation sites (N-methyl/N-ethyl adjacent to an activating group) is 1. The Morgan fingerprint density at radius 3 is 1.43 bits per heavy atom. The van der Waals surface area contributed by atoms with Crippen molar-refractivity contribution in [3.8, 4) is 0 Å². The highest BCUT2D eigenvalue weighted by Gasteiger charge is 2.20. The van der Waals surface area contributed by atoms with Crippen molar-refractivity contribution < 1.29 is 37.3 Å². The Bertz CT molecular complexity index is 1120. The zero-order chi connectivity index (χ0) is 44.8. The molecule has 0 aromatic heterocycles. The maximum absolute atomic E-state index is 12.7. The van der Waals surface area contributed by atoms with Crippen molar-refractivity contribution in [3.63, 3.8) is 0 Å². The number of unbranched alkanes of at least 4 members (excludes halogenated alkanes) is 25. The van der Waals surface area contributed by atoms with Gasteiger partial charge in [0.15, 0.2) is 0 Å². The van der Waals surface area contributed by atoms with Gasteiger partial charge in [0.2, 0.25) is 0 Å². The maximum atomic E-state index is 12.7. The summed E-state index contributed by atoms with van der Waals surface area (Å²) in [6, 6.07) is 0. The number of allylic oxidation sites excluding steroid dienone is 8. The van der Waals surface area contributed by atoms with E-state index in [0.717, 1.165) is 70.6 Å². The molecule has 0 aliphatic carbocycles. The van der Waals surface area contributed by atoms with E-state index in [0.29, 0.717) is 17.6 Å². The summed E-state index contributed by atoms with van der Waals surface area (Å²) in [4.78, 5) is 25.1. The molecule has 0 aliphatic rings. The minimum Gasteiger partial charge on any atom is -0.756 e. The Morgan fingerprint density at radius 2 is 0.951 bits per heavy atom. The van der Waals surface area contributed by atoms with E-state index in [4.69, 9.17) is 18.5 Å². The van der Waals surface area contributed by atoms with Crippen molar-refractivity contribution in [2.24, 2.45) is 0 Å². The second kappa shape index (κ2) is 45.0. The summed E-state index contributed by atoms with van der Waals surface area (Å²) in [5.74, 6) is -0.354. The van der Waals surface area contributed by atoms with Crippen molar-refractivity contribution in [3.05, 3.63) is 48.6 Å². The summed E-state index contributed by atoms with van der Waals surface area (Å²) in [7, 11) is 1.34. The summed E-state index contributed by atoms with van der Waals surface area (Å²) in [5, 5.41) is 0. The number of rotatable bonds is 47. The lowest BCUT2D eigenvalue weighted by Crippen LogP contribution is -2.37. The second-order valence-electron chi connectivity index (χ2n) is 18.2. The molecule has 2 unspecified atom stereocenters. The third kappa shape index (κ3) is 49.3. The molecule has 0 heterocycles. The number of carbonyl (C=O) groups is 1. The molecule has 0 rings (SSSR count). The van der Waals surface area contributed by atoms with Gasteiger partial charge in [0.05, 0.1) is 34.4 Å². The molecule has 0 saturated carbocycles. The van der Waals surface area contributed by atoms with Crippen LogP contribution in [-0.2, 0) is 27.9 Å². The first kappa shape index (κ1) is 59.5. The van der Waals surface area contributed by atoms with Gasteiger partial charge in [-0.05, 0) is 51.4 Å². The summed E-state index contributed by atoms with van der Waals surface area (Å²) < 4.78 is 34.7. The van der Waals surface area contributed by atoms with Crippen LogP contribution in [0.2, 0.25) is 0 Å². The van der Waals surface area contributed by atoms with Gasteiger partial charge in [-0.2, -0.15) is 0 Å². The van der Waals surface area contributed by atoms with Crippen molar-refractivity contribution >= 4 is 13.8 Å². The summed E-state index contributed by atoms with van der Waals surface area (Å²) in [6.45, 7) is 5.30. The highest BCUT2D eigenvalue weighted by Crippen LogP contribution is 2.38. The number of hydrogen-bond acceptors (Lipinski definition) is 7. The maximum Gasteiger partial charge on any atom is 0.306 e. The summed E-state index contributed by atoms with van der Waals surface area (Å²) in [6.07, 6.45) is 55.7. The van der Waals surface area contributed by atoms with Crippen LogP contribution in [0.15, 0.2) is 48.6 Å². The van der Waals surface area contributed by atoms with Crippen LogP contribution in [0.4, 0.5) is 0 Å². The molecular weight excluding hydrogens is 782 g/mol. The summed E-state index contributed by atoms with van der Waals surface area (Å²) in [5.41, 5.74) is 0. The fraction of sp³-hybridized carbons (Fsp3) is 0.827. The van der Waals surface area contributed by atoms with Crippen molar-refractivity contribution in [1.29, 1.82) is 0 Å². The normalized spacial score (nSPS) is 14.0. The van der Waals surface area contributed by atoms with Crippen LogP contribution in [0, 0.1) is 0 Å². The van der Waals surface area contributed by atoms with Gasteiger partial charge < -0.3 is 27.9 Å². The van der Waals surface area contributed by atoms with E-state index in [9.17, 15) is 14.3 Å². The van der Waals surface area contributed by atoms with Crippen LogP contribution in [0.25, 0.3) is 0 Å². The monoisotopic (exact) mass is 880 g/mol. The van der Waals surface area contributed by atoms with Crippen LogP contribution in [0.1, 0.15) is 219 Å². The Labute approximate surface area is 378 Å². The first-order valence-corrected chi connectivity index (χ1v) is 26.8. The topological polar surface area (TPSA) is 94.1 Å². The van der Waals surface area contributed by atoms with Gasteiger partial charge in [0, 0.05) is 13.0 Å². The molecule has 0 N–H and O–H groups in total. The summed E-state index contributed by atoms with van der Waals surface area (Å²) >= 11 is 0. The Morgan fingerprint density at radius 1 is 0.525 bits per heavy atom. The van der Waals surface area contributed by atoms with E-state index in [-0.39, 0.29) is 32.2 Å². The molecule has 61 heavy (non-hydrogen) atoms. The fourth-order valence-corrected chi connectivity index (χ4v) is 7.74. The van der Waals surface area contributed by atoms with E-state index in [1.54, 1.807) is 0 Å². The zero-order valence-electron chi connectivity index (χ0n) is 40.6. The minimum atomic E-state index is -4.54. The fourth-order valence-electron chi connectivity index (χ4n) is 7.01. The largest absolute Gasteiger partial charge is 0.756 e. The van der Waals surface area contributed by atoms with Crippen molar-refractivity contribution in [2.45, 2.75) is 225 Å². The third-order valence-electron chi connectivity index (χ3n) is 10.9. The van der Waals surface area contributed by atoms with Gasteiger partial charge in [0.1, 0.15) is 19.3 Å². The third-order valence-corrected chi connectivity index (χ3v) is 11.9. The van der Waals surface area contributed by atoms with Gasteiger partial charge >= 0.3 is 5.97 Å². The second-order valence-corrected chi connectivity index (χ2v) is 19.6. The highest BCUT2D eigenvalue weighted by atomic mass is 31.2. The van der Waals surface area contributed by atoms with Gasteiger partial charge in [-0.25, -0.2) is 0 Å². The number of phosphoric acid groups is 1. The molecule has 0 aliphatic heterocycles. The average Bonchev–Trinajstić information content (AvgIpc) is 3.22. The highest BCUT2D eigenvalue weighted by molar-refractivity contribution is 7.45. The number of nitrogens with zero attached hydrogens (tertiary/aromatic N) is 1. The Hall–Kier alpha value is -1.54. The lowest BCUT2D eigenvalue weighted by atomic mass is 10.0. The number of esters is 1. The predicted octanol–water partition coefficient (Wildman–Crippen LogP) is 14.9. The van der Waals surface area contributed by atoms with Crippen LogP contribution in [0.3, 0.4) is 0 Å². The standard InChI is InChI=1S/C52H98NO7P/c1-6-8-10-12-14-16-18-20-22-24-25-26-27-28-30-32-34-36-38-40-42-44-47-57-49-51(50-59-61(55,56)58-48-46-53(3,4)5)60-52(54)45-43-41-39-37-35-33-31-29-23-21-19-17-15-13-11-9-7-2/h9,11,15,17,21,23,31,33,51H,6-8,10,12-14,16,18-20,22,24-30,32,34-50H2,1-5H3/b11-9-,17-15-,23-21-,33-31-. The molecule has 0 spiro atoms. The molecule has 8 nitrogen and oxygen atoms in total. The average molecular weight is 880 g/mol. The smallest absolute Gasteiger partial charge is 0.306 e. The lowest BCUT2D eigenvalue weighted by molar-refractivity contribution is -0.870. The molecule has 0 amide bonds. The molecule has 0 bridgehead atoms. The molecular formula is C52H98NO7P. The zero-order valence-corrected chi connectivity index (χ0v) is 41.5. The predicted molar refractivity (Wildman–Crippen MR) is 259 cm³/mol. The molecule has 0 aromatic rings. The van der Waals surface area contributed by atoms with Gasteiger partial charge in [-0.3, -0.25) is 9.36 Å².